The molecule has 0 saturated heterocycles. The molecular formula is C12H12N4O4S. The molecule has 0 aliphatic heterocycles. The monoisotopic (exact) mass is 308 g/mol. The quantitative estimate of drug-likeness (QED) is 0.502. The number of anilines is 2. The number of aromatic nitrogens is 1. The van der Waals surface area contributed by atoms with Crippen molar-refractivity contribution < 1.29 is 13.3 Å². The number of nitro benzene ring substituents is 1. The van der Waals surface area contributed by atoms with Gasteiger partial charge in [0.25, 0.3) is 10.0 Å². The van der Waals surface area contributed by atoms with Crippen LogP contribution in [0.2, 0.25) is 0 Å². The molecule has 3 N–H and O–H groups in total. The van der Waals surface area contributed by atoms with Gasteiger partial charge >= 0.3 is 5.69 Å². The van der Waals surface area contributed by atoms with Crippen LogP contribution in [0.1, 0.15) is 5.56 Å². The van der Waals surface area contributed by atoms with E-state index in [0.717, 1.165) is 11.6 Å². The van der Waals surface area contributed by atoms with E-state index < -0.39 is 25.5 Å². The predicted molar refractivity (Wildman–Crippen MR) is 77.3 cm³/mol. The molecule has 0 fully saturated rings. The van der Waals surface area contributed by atoms with Gasteiger partial charge in [-0.2, -0.15) is 0 Å². The van der Waals surface area contributed by atoms with E-state index in [9.17, 15) is 18.5 Å². The molecule has 0 amide bonds. The van der Waals surface area contributed by atoms with E-state index >= 15 is 0 Å². The Labute approximate surface area is 120 Å². The molecule has 8 nitrogen and oxygen atoms in total. The number of hydrogen-bond acceptors (Lipinski definition) is 6. The molecule has 1 aromatic heterocycles. The number of benzene rings is 1. The Morgan fingerprint density at radius 2 is 2.00 bits per heavy atom. The maximum Gasteiger partial charge on any atom is 0.312 e. The van der Waals surface area contributed by atoms with Gasteiger partial charge in [0.2, 0.25) is 0 Å². The second-order valence-corrected chi connectivity index (χ2v) is 5.93. The number of nitrogens with one attached hydrogen (secondary N) is 1. The molecule has 1 heterocycles. The van der Waals surface area contributed by atoms with Crippen molar-refractivity contribution in [3.63, 3.8) is 0 Å². The number of nitro groups is 1. The second-order valence-electron chi connectivity index (χ2n) is 4.28. The zero-order valence-corrected chi connectivity index (χ0v) is 11.8. The molecule has 1 aromatic carbocycles. The Morgan fingerprint density at radius 1 is 1.29 bits per heavy atom. The van der Waals surface area contributed by atoms with Crippen molar-refractivity contribution in [2.45, 2.75) is 11.8 Å². The van der Waals surface area contributed by atoms with E-state index in [1.54, 1.807) is 13.0 Å². The Kier molecular flexibility index (Phi) is 3.76. The Balaban J connectivity index is 2.47. The van der Waals surface area contributed by atoms with Gasteiger partial charge in [-0.1, -0.05) is 12.1 Å². The summed E-state index contributed by atoms with van der Waals surface area (Å²) in [7, 11) is -4.16. The smallest absolute Gasteiger partial charge is 0.312 e. The average molecular weight is 308 g/mol. The highest BCUT2D eigenvalue weighted by atomic mass is 32.2. The minimum atomic E-state index is -4.16. The molecule has 0 aliphatic carbocycles. The van der Waals surface area contributed by atoms with Crippen LogP contribution in [0.5, 0.6) is 0 Å². The summed E-state index contributed by atoms with van der Waals surface area (Å²) in [5, 5.41) is 11.0. The maximum absolute atomic E-state index is 12.3. The van der Waals surface area contributed by atoms with Gasteiger partial charge in [0, 0.05) is 6.20 Å². The van der Waals surface area contributed by atoms with Crippen molar-refractivity contribution in [1.29, 1.82) is 0 Å². The third kappa shape index (κ3) is 3.08. The van der Waals surface area contributed by atoms with Crippen LogP contribution < -0.4 is 10.5 Å². The van der Waals surface area contributed by atoms with Gasteiger partial charge in [0.1, 0.15) is 11.5 Å². The molecule has 9 heteroatoms. The van der Waals surface area contributed by atoms with Crippen molar-refractivity contribution in [3.8, 4) is 0 Å². The maximum atomic E-state index is 12.3. The van der Waals surface area contributed by atoms with Crippen LogP contribution in [0.25, 0.3) is 0 Å². The van der Waals surface area contributed by atoms with Crippen molar-refractivity contribution in [1.82, 2.24) is 4.98 Å². The fourth-order valence-electron chi connectivity index (χ4n) is 1.67. The third-order valence-corrected chi connectivity index (χ3v) is 4.04. The summed E-state index contributed by atoms with van der Waals surface area (Å²) in [6.45, 7) is 1.80. The lowest BCUT2D eigenvalue weighted by Gasteiger charge is -2.08. The molecule has 0 saturated carbocycles. The first-order valence-corrected chi connectivity index (χ1v) is 7.28. The summed E-state index contributed by atoms with van der Waals surface area (Å²) < 4.78 is 26.7. The molecule has 0 aliphatic rings. The minimum Gasteiger partial charge on any atom is -0.393 e. The summed E-state index contributed by atoms with van der Waals surface area (Å²) in [4.78, 5) is 13.6. The van der Waals surface area contributed by atoms with Gasteiger partial charge in [-0.15, -0.1) is 0 Å². The van der Waals surface area contributed by atoms with Crippen LogP contribution in [0.4, 0.5) is 17.2 Å². The summed E-state index contributed by atoms with van der Waals surface area (Å²) in [6.07, 6.45) is 1.48. The van der Waals surface area contributed by atoms with Gasteiger partial charge < -0.3 is 5.73 Å². The number of rotatable bonds is 4. The SMILES string of the molecule is Cc1ccc(NS(=O)(=O)c2cccc(N)c2[N+](=O)[O-])nc1. The summed E-state index contributed by atoms with van der Waals surface area (Å²) >= 11 is 0. The normalized spacial score (nSPS) is 11.1. The van der Waals surface area contributed by atoms with Crippen LogP contribution in [0, 0.1) is 17.0 Å². The molecule has 2 rings (SSSR count). The topological polar surface area (TPSA) is 128 Å². The average Bonchev–Trinajstić information content (AvgIpc) is 2.40. The first kappa shape index (κ1) is 14.7. The minimum absolute atomic E-state index is 0.0670. The highest BCUT2D eigenvalue weighted by Gasteiger charge is 2.28. The Hall–Kier alpha value is -2.68. The van der Waals surface area contributed by atoms with Crippen LogP contribution in [-0.2, 0) is 10.0 Å². The lowest BCUT2D eigenvalue weighted by atomic mass is 10.3. The Morgan fingerprint density at radius 3 is 2.57 bits per heavy atom. The number of pyridine rings is 1. The lowest BCUT2D eigenvalue weighted by molar-refractivity contribution is -0.386. The molecule has 21 heavy (non-hydrogen) atoms. The number of para-hydroxylation sites is 1. The largest absolute Gasteiger partial charge is 0.393 e. The van der Waals surface area contributed by atoms with Gasteiger partial charge in [-0.3, -0.25) is 14.8 Å². The number of nitrogens with zero attached hydrogens (tertiary/aromatic N) is 2. The number of nitrogen functional groups attached to an aromatic ring is 1. The predicted octanol–water partition coefficient (Wildman–Crippen LogP) is 1.68. The molecule has 0 atom stereocenters. The third-order valence-electron chi connectivity index (χ3n) is 2.65. The number of aryl methyl sites for hydroxylation is 1. The molecule has 0 unspecified atom stereocenters. The second kappa shape index (κ2) is 5.37. The highest BCUT2D eigenvalue weighted by Crippen LogP contribution is 2.30. The van der Waals surface area contributed by atoms with Crippen molar-refractivity contribution in [3.05, 3.63) is 52.2 Å². The summed E-state index contributed by atoms with van der Waals surface area (Å²) in [6, 6.07) is 6.84. The van der Waals surface area contributed by atoms with E-state index in [1.165, 1.54) is 24.4 Å². The molecule has 110 valence electrons. The number of sulfonamides is 1. The van der Waals surface area contributed by atoms with Crippen LogP contribution >= 0.6 is 0 Å². The van der Waals surface area contributed by atoms with E-state index in [0.29, 0.717) is 0 Å². The van der Waals surface area contributed by atoms with Crippen molar-refractivity contribution in [2.75, 3.05) is 10.5 Å². The number of nitrogens with two attached hydrogens (primary N) is 1. The molecule has 0 radical (unpaired) electrons. The zero-order chi connectivity index (χ0) is 15.6. The fourth-order valence-corrected chi connectivity index (χ4v) is 2.88. The van der Waals surface area contributed by atoms with E-state index in [1.807, 2.05) is 0 Å². The fraction of sp³-hybridized carbons (Fsp3) is 0.0833. The molecule has 0 spiro atoms. The molecular weight excluding hydrogens is 296 g/mol. The summed E-state index contributed by atoms with van der Waals surface area (Å²) in [5.74, 6) is 0.0670. The van der Waals surface area contributed by atoms with E-state index in [4.69, 9.17) is 5.73 Å². The van der Waals surface area contributed by atoms with Crippen LogP contribution in [0.3, 0.4) is 0 Å². The van der Waals surface area contributed by atoms with Crippen molar-refractivity contribution >= 4 is 27.2 Å². The van der Waals surface area contributed by atoms with Gasteiger partial charge in [0.15, 0.2) is 4.90 Å². The van der Waals surface area contributed by atoms with Crippen molar-refractivity contribution in [2.24, 2.45) is 0 Å². The van der Waals surface area contributed by atoms with Gasteiger partial charge in [0.05, 0.1) is 4.92 Å². The Bertz CT molecular complexity index is 787. The number of hydrogen-bond donors (Lipinski definition) is 2. The zero-order valence-electron chi connectivity index (χ0n) is 11.0. The van der Waals surface area contributed by atoms with E-state index in [2.05, 4.69) is 9.71 Å². The van der Waals surface area contributed by atoms with Crippen LogP contribution in [-0.4, -0.2) is 18.3 Å². The highest BCUT2D eigenvalue weighted by molar-refractivity contribution is 7.92. The van der Waals surface area contributed by atoms with Gasteiger partial charge in [-0.05, 0) is 30.7 Å². The standard InChI is InChI=1S/C12H12N4O4S/c1-8-5-6-11(14-7-8)15-21(19,20)10-4-2-3-9(13)12(10)16(17)18/h2-7H,13H2,1H3,(H,14,15). The first-order valence-electron chi connectivity index (χ1n) is 5.79. The summed E-state index contributed by atoms with van der Waals surface area (Å²) in [5.41, 5.74) is 5.46. The lowest BCUT2D eigenvalue weighted by Crippen LogP contribution is -2.16. The van der Waals surface area contributed by atoms with Crippen LogP contribution in [0.15, 0.2) is 41.4 Å². The molecule has 0 bridgehead atoms. The van der Waals surface area contributed by atoms with E-state index in [-0.39, 0.29) is 11.5 Å². The van der Waals surface area contributed by atoms with Gasteiger partial charge in [-0.25, -0.2) is 13.4 Å². The molecule has 2 aromatic rings. The first-order chi connectivity index (χ1) is 9.81.